The molecule has 0 saturated carbocycles. The number of H-pyrrole nitrogens is 1. The molecule has 0 aliphatic heterocycles. The molecule has 0 aromatic carbocycles. The average Bonchev–Trinajstić information content (AvgIpc) is 2.90. The lowest BCUT2D eigenvalue weighted by molar-refractivity contribution is 0.940. The van der Waals surface area contributed by atoms with Crippen LogP contribution in [0.25, 0.3) is 17.5 Å². The van der Waals surface area contributed by atoms with Crippen LogP contribution < -0.4 is 0 Å². The second-order valence-corrected chi connectivity index (χ2v) is 3.11. The predicted molar refractivity (Wildman–Crippen MR) is 58.8 cm³/mol. The van der Waals surface area contributed by atoms with Crippen LogP contribution in [0.1, 0.15) is 5.56 Å². The summed E-state index contributed by atoms with van der Waals surface area (Å²) in [7, 11) is 0. The van der Waals surface area contributed by atoms with Gasteiger partial charge in [-0.2, -0.15) is 25.9 Å². The quantitative estimate of drug-likeness (QED) is 0.771. The molecule has 0 spiro atoms. The van der Waals surface area contributed by atoms with Crippen LogP contribution in [-0.2, 0) is 0 Å². The smallest absolute Gasteiger partial charge is 0.131 e. The SMILES string of the molecule is N#CC(C#N)=Cc1ccc(-c2cn[nH]n2)nc1. The summed E-state index contributed by atoms with van der Waals surface area (Å²) in [4.78, 5) is 4.16. The number of nitrogens with zero attached hydrogens (tertiary/aromatic N) is 5. The number of aromatic amines is 1. The number of allylic oxidation sites excluding steroid dienone is 1. The zero-order valence-electron chi connectivity index (χ0n) is 8.62. The summed E-state index contributed by atoms with van der Waals surface area (Å²) in [5.41, 5.74) is 2.05. The third-order valence-electron chi connectivity index (χ3n) is 2.02. The molecular formula is C11H6N6. The van der Waals surface area contributed by atoms with E-state index in [1.807, 2.05) is 0 Å². The Morgan fingerprint density at radius 2 is 2.00 bits per heavy atom. The van der Waals surface area contributed by atoms with E-state index in [1.165, 1.54) is 6.08 Å². The van der Waals surface area contributed by atoms with Crippen molar-refractivity contribution in [1.82, 2.24) is 20.4 Å². The predicted octanol–water partition coefficient (Wildman–Crippen LogP) is 1.30. The molecule has 2 heterocycles. The number of rotatable bonds is 2. The molecule has 0 unspecified atom stereocenters. The molecule has 0 bridgehead atoms. The van der Waals surface area contributed by atoms with Gasteiger partial charge in [-0.25, -0.2) is 0 Å². The van der Waals surface area contributed by atoms with Gasteiger partial charge in [0, 0.05) is 6.20 Å². The first-order valence-corrected chi connectivity index (χ1v) is 4.67. The standard InChI is InChI=1S/C11H6N6/c12-4-9(5-13)3-8-1-2-10(14-6-8)11-7-15-17-16-11/h1-3,6-7H,(H,15,16,17). The van der Waals surface area contributed by atoms with Crippen LogP contribution in [0, 0.1) is 22.7 Å². The Morgan fingerprint density at radius 1 is 1.18 bits per heavy atom. The summed E-state index contributed by atoms with van der Waals surface area (Å²) in [6.45, 7) is 0. The van der Waals surface area contributed by atoms with E-state index >= 15 is 0 Å². The zero-order chi connectivity index (χ0) is 12.1. The molecular weight excluding hydrogens is 216 g/mol. The normalized spacial score (nSPS) is 9.06. The number of nitrogens with one attached hydrogen (secondary N) is 1. The van der Waals surface area contributed by atoms with Gasteiger partial charge >= 0.3 is 0 Å². The summed E-state index contributed by atoms with van der Waals surface area (Å²) >= 11 is 0. The highest BCUT2D eigenvalue weighted by Crippen LogP contribution is 2.13. The second kappa shape index (κ2) is 4.69. The van der Waals surface area contributed by atoms with Crippen molar-refractivity contribution in [1.29, 1.82) is 10.5 Å². The molecule has 0 radical (unpaired) electrons. The summed E-state index contributed by atoms with van der Waals surface area (Å²) in [5, 5.41) is 27.3. The minimum absolute atomic E-state index is 0.0426. The number of hydrogen-bond acceptors (Lipinski definition) is 5. The maximum Gasteiger partial charge on any atom is 0.131 e. The van der Waals surface area contributed by atoms with E-state index in [-0.39, 0.29) is 5.57 Å². The molecule has 2 aromatic heterocycles. The Balaban J connectivity index is 2.29. The van der Waals surface area contributed by atoms with Gasteiger partial charge in [0.05, 0.1) is 11.9 Å². The number of aromatic nitrogens is 4. The Labute approximate surface area is 96.8 Å². The van der Waals surface area contributed by atoms with Gasteiger partial charge < -0.3 is 0 Å². The van der Waals surface area contributed by atoms with Crippen LogP contribution in [0.15, 0.2) is 30.1 Å². The van der Waals surface area contributed by atoms with Crippen molar-refractivity contribution >= 4 is 6.08 Å². The number of pyridine rings is 1. The van der Waals surface area contributed by atoms with E-state index in [9.17, 15) is 0 Å². The second-order valence-electron chi connectivity index (χ2n) is 3.11. The maximum atomic E-state index is 8.61. The molecule has 6 heteroatoms. The van der Waals surface area contributed by atoms with Crippen molar-refractivity contribution in [2.75, 3.05) is 0 Å². The van der Waals surface area contributed by atoms with Crippen molar-refractivity contribution in [3.63, 3.8) is 0 Å². The highest BCUT2D eigenvalue weighted by Gasteiger charge is 2.01. The van der Waals surface area contributed by atoms with Gasteiger partial charge in [-0.1, -0.05) is 6.07 Å². The molecule has 2 rings (SSSR count). The Kier molecular flexibility index (Phi) is 2.90. The lowest BCUT2D eigenvalue weighted by Gasteiger charge is -1.95. The van der Waals surface area contributed by atoms with Crippen molar-refractivity contribution < 1.29 is 0 Å². The molecule has 0 aliphatic rings. The van der Waals surface area contributed by atoms with Crippen molar-refractivity contribution in [3.05, 3.63) is 35.7 Å². The van der Waals surface area contributed by atoms with Gasteiger partial charge in [-0.15, -0.1) is 0 Å². The lowest BCUT2D eigenvalue weighted by Crippen LogP contribution is -1.85. The first kappa shape index (κ1) is 10.5. The van der Waals surface area contributed by atoms with E-state index in [1.54, 1.807) is 36.7 Å². The Morgan fingerprint density at radius 3 is 2.53 bits per heavy atom. The van der Waals surface area contributed by atoms with Crippen LogP contribution in [-0.4, -0.2) is 20.4 Å². The van der Waals surface area contributed by atoms with Crippen LogP contribution in [0.4, 0.5) is 0 Å². The highest BCUT2D eigenvalue weighted by atomic mass is 15.3. The molecule has 0 amide bonds. The molecule has 6 nitrogen and oxygen atoms in total. The fourth-order valence-corrected chi connectivity index (χ4v) is 1.22. The average molecular weight is 222 g/mol. The third kappa shape index (κ3) is 2.33. The number of hydrogen-bond donors (Lipinski definition) is 1. The summed E-state index contributed by atoms with van der Waals surface area (Å²) in [5.74, 6) is 0. The van der Waals surface area contributed by atoms with Gasteiger partial charge in [0.25, 0.3) is 0 Å². The molecule has 0 atom stereocenters. The van der Waals surface area contributed by atoms with Gasteiger partial charge in [0.2, 0.25) is 0 Å². The zero-order valence-corrected chi connectivity index (χ0v) is 8.62. The van der Waals surface area contributed by atoms with Gasteiger partial charge in [-0.05, 0) is 17.7 Å². The molecule has 17 heavy (non-hydrogen) atoms. The van der Waals surface area contributed by atoms with E-state index < -0.39 is 0 Å². The molecule has 2 aromatic rings. The van der Waals surface area contributed by atoms with Crippen molar-refractivity contribution in [3.8, 4) is 23.5 Å². The van der Waals surface area contributed by atoms with Crippen molar-refractivity contribution in [2.45, 2.75) is 0 Å². The van der Waals surface area contributed by atoms with E-state index in [0.29, 0.717) is 17.0 Å². The summed E-state index contributed by atoms with van der Waals surface area (Å²) in [6, 6.07) is 7.08. The van der Waals surface area contributed by atoms with E-state index in [2.05, 4.69) is 20.4 Å². The van der Waals surface area contributed by atoms with Gasteiger partial charge in [-0.3, -0.25) is 4.98 Å². The molecule has 0 saturated heterocycles. The molecule has 0 aliphatic carbocycles. The van der Waals surface area contributed by atoms with Crippen LogP contribution in [0.5, 0.6) is 0 Å². The molecule has 1 N–H and O–H groups in total. The minimum Gasteiger partial charge on any atom is -0.254 e. The van der Waals surface area contributed by atoms with Crippen LogP contribution in [0.3, 0.4) is 0 Å². The van der Waals surface area contributed by atoms with Crippen LogP contribution >= 0.6 is 0 Å². The fourth-order valence-electron chi connectivity index (χ4n) is 1.22. The monoisotopic (exact) mass is 222 g/mol. The van der Waals surface area contributed by atoms with Crippen molar-refractivity contribution in [2.24, 2.45) is 0 Å². The molecule has 0 fully saturated rings. The summed E-state index contributed by atoms with van der Waals surface area (Å²) < 4.78 is 0. The number of nitriles is 2. The van der Waals surface area contributed by atoms with Gasteiger partial charge in [0.15, 0.2) is 0 Å². The Bertz CT molecular complexity index is 593. The Hall–Kier alpha value is -2.99. The topological polar surface area (TPSA) is 102 Å². The van der Waals surface area contributed by atoms with E-state index in [0.717, 1.165) is 0 Å². The third-order valence-corrected chi connectivity index (χ3v) is 2.02. The van der Waals surface area contributed by atoms with E-state index in [4.69, 9.17) is 10.5 Å². The first-order chi connectivity index (χ1) is 8.33. The largest absolute Gasteiger partial charge is 0.254 e. The summed E-state index contributed by atoms with van der Waals surface area (Å²) in [6.07, 6.45) is 4.60. The maximum absolute atomic E-state index is 8.61. The van der Waals surface area contributed by atoms with Crippen LogP contribution in [0.2, 0.25) is 0 Å². The fraction of sp³-hybridized carbons (Fsp3) is 0. The molecule has 80 valence electrons. The highest BCUT2D eigenvalue weighted by molar-refractivity contribution is 5.63. The lowest BCUT2D eigenvalue weighted by atomic mass is 10.2. The minimum atomic E-state index is 0.0426. The van der Waals surface area contributed by atoms with Gasteiger partial charge in [0.1, 0.15) is 23.4 Å². The first-order valence-electron chi connectivity index (χ1n) is 4.67.